The lowest BCUT2D eigenvalue weighted by Crippen LogP contribution is -2.55. The maximum Gasteiger partial charge on any atom is 0.208 e. The van der Waals surface area contributed by atoms with Crippen LogP contribution in [0, 0.1) is 11.8 Å². The van der Waals surface area contributed by atoms with E-state index in [0.717, 1.165) is 59.9 Å². The molecule has 0 aliphatic carbocycles. The molecule has 0 radical (unpaired) electrons. The van der Waals surface area contributed by atoms with E-state index < -0.39 is 10.0 Å². The first-order chi connectivity index (χ1) is 15.7. The number of nitrogens with one attached hydrogen (secondary N) is 2. The Bertz CT molecular complexity index is 1260. The van der Waals surface area contributed by atoms with Crippen LogP contribution in [0.3, 0.4) is 0 Å². The zero-order valence-corrected chi connectivity index (χ0v) is 20.3. The van der Waals surface area contributed by atoms with Gasteiger partial charge in [-0.3, -0.25) is 0 Å². The fourth-order valence-corrected chi connectivity index (χ4v) is 6.45. The highest BCUT2D eigenvalue weighted by molar-refractivity contribution is 7.88. The van der Waals surface area contributed by atoms with Crippen molar-refractivity contribution in [3.05, 3.63) is 42.1 Å². The molecular weight excluding hydrogens is 438 g/mol. The molecule has 10 heteroatoms. The minimum absolute atomic E-state index is 0.0795. The van der Waals surface area contributed by atoms with Crippen LogP contribution in [0.5, 0.6) is 0 Å². The SMILES string of the molecule is C[C@@H]1CN(c2ncnc3c2CN(c2ccnc4[nH]ccc24)[C@H](C)C3)C[C@H](C)[C@H]1NS(C)(=O)=O. The van der Waals surface area contributed by atoms with Crippen LogP contribution in [0.25, 0.3) is 11.0 Å². The molecule has 2 aliphatic rings. The summed E-state index contributed by atoms with van der Waals surface area (Å²) in [5.74, 6) is 1.28. The van der Waals surface area contributed by atoms with Crippen molar-refractivity contribution in [3.63, 3.8) is 0 Å². The van der Waals surface area contributed by atoms with E-state index in [9.17, 15) is 8.42 Å². The molecule has 0 amide bonds. The number of hydrogen-bond donors (Lipinski definition) is 2. The van der Waals surface area contributed by atoms with E-state index in [1.54, 1.807) is 6.33 Å². The lowest BCUT2D eigenvalue weighted by atomic mass is 9.86. The summed E-state index contributed by atoms with van der Waals surface area (Å²) in [4.78, 5) is 21.7. The third-order valence-corrected chi connectivity index (χ3v) is 7.70. The fourth-order valence-electron chi connectivity index (χ4n) is 5.49. The van der Waals surface area contributed by atoms with Crippen molar-refractivity contribution >= 4 is 32.6 Å². The smallest absolute Gasteiger partial charge is 0.208 e. The first-order valence-corrected chi connectivity index (χ1v) is 13.3. The van der Waals surface area contributed by atoms with Crippen LogP contribution in [-0.4, -0.2) is 59.8 Å². The fraction of sp³-hybridized carbons (Fsp3) is 0.522. The van der Waals surface area contributed by atoms with E-state index in [-0.39, 0.29) is 17.9 Å². The van der Waals surface area contributed by atoms with Gasteiger partial charge in [-0.1, -0.05) is 13.8 Å². The van der Waals surface area contributed by atoms with Crippen molar-refractivity contribution in [1.82, 2.24) is 24.7 Å². The van der Waals surface area contributed by atoms with E-state index in [2.05, 4.69) is 62.4 Å². The molecule has 5 heterocycles. The van der Waals surface area contributed by atoms with E-state index in [4.69, 9.17) is 4.98 Å². The van der Waals surface area contributed by atoms with Gasteiger partial charge in [-0.25, -0.2) is 28.1 Å². The predicted molar refractivity (Wildman–Crippen MR) is 130 cm³/mol. The number of aromatic nitrogens is 4. The van der Waals surface area contributed by atoms with Gasteiger partial charge in [-0.15, -0.1) is 0 Å². The number of H-pyrrole nitrogens is 1. The molecule has 3 aromatic heterocycles. The van der Waals surface area contributed by atoms with Crippen LogP contribution >= 0.6 is 0 Å². The van der Waals surface area contributed by atoms with Crippen LogP contribution in [0.1, 0.15) is 32.0 Å². The Morgan fingerprint density at radius 2 is 1.85 bits per heavy atom. The molecule has 1 fully saturated rings. The topological polar surface area (TPSA) is 107 Å². The second-order valence-corrected chi connectivity index (χ2v) is 11.4. The molecule has 0 spiro atoms. The van der Waals surface area contributed by atoms with Gasteiger partial charge < -0.3 is 14.8 Å². The van der Waals surface area contributed by atoms with E-state index >= 15 is 0 Å². The molecule has 4 atom stereocenters. The van der Waals surface area contributed by atoms with Crippen LogP contribution in [0.4, 0.5) is 11.5 Å². The molecule has 0 bridgehead atoms. The molecule has 176 valence electrons. The summed E-state index contributed by atoms with van der Waals surface area (Å²) in [6, 6.07) is 4.37. The molecule has 3 aromatic rings. The third kappa shape index (κ3) is 4.17. The van der Waals surface area contributed by atoms with Crippen LogP contribution in [0.15, 0.2) is 30.9 Å². The number of anilines is 2. The van der Waals surface area contributed by atoms with Crippen molar-refractivity contribution < 1.29 is 8.42 Å². The lowest BCUT2D eigenvalue weighted by Gasteiger charge is -2.44. The van der Waals surface area contributed by atoms with E-state index in [0.29, 0.717) is 6.04 Å². The normalized spacial score (nSPS) is 25.9. The second-order valence-electron chi connectivity index (χ2n) is 9.65. The Morgan fingerprint density at radius 1 is 1.09 bits per heavy atom. The number of hydrogen-bond acceptors (Lipinski definition) is 7. The number of sulfonamides is 1. The van der Waals surface area contributed by atoms with Crippen LogP contribution < -0.4 is 14.5 Å². The first-order valence-electron chi connectivity index (χ1n) is 11.4. The minimum Gasteiger partial charge on any atom is -0.363 e. The van der Waals surface area contributed by atoms with Gasteiger partial charge in [0.05, 0.1) is 11.9 Å². The highest BCUT2D eigenvalue weighted by Gasteiger charge is 2.36. The molecule has 5 rings (SSSR count). The Kier molecular flexibility index (Phi) is 5.52. The lowest BCUT2D eigenvalue weighted by molar-refractivity contribution is 0.277. The van der Waals surface area contributed by atoms with Gasteiger partial charge in [-0.2, -0.15) is 0 Å². The zero-order chi connectivity index (χ0) is 23.3. The highest BCUT2D eigenvalue weighted by Crippen LogP contribution is 2.36. The maximum absolute atomic E-state index is 11.9. The molecule has 33 heavy (non-hydrogen) atoms. The van der Waals surface area contributed by atoms with Gasteiger partial charge >= 0.3 is 0 Å². The number of fused-ring (bicyclic) bond motifs is 2. The van der Waals surface area contributed by atoms with Crippen molar-refractivity contribution in [3.8, 4) is 0 Å². The Hall–Kier alpha value is -2.72. The summed E-state index contributed by atoms with van der Waals surface area (Å²) < 4.78 is 26.5. The van der Waals surface area contributed by atoms with Crippen LogP contribution in [-0.2, 0) is 23.0 Å². The summed E-state index contributed by atoms with van der Waals surface area (Å²) in [5, 5.41) is 1.11. The Labute approximate surface area is 194 Å². The number of nitrogens with zero attached hydrogens (tertiary/aromatic N) is 5. The van der Waals surface area contributed by atoms with Gasteiger partial charge in [-0.05, 0) is 30.9 Å². The largest absolute Gasteiger partial charge is 0.363 e. The predicted octanol–water partition coefficient (Wildman–Crippen LogP) is 2.31. The van der Waals surface area contributed by atoms with E-state index in [1.165, 1.54) is 6.26 Å². The van der Waals surface area contributed by atoms with Crippen molar-refractivity contribution in [1.29, 1.82) is 0 Å². The van der Waals surface area contributed by atoms with E-state index in [1.807, 2.05) is 12.4 Å². The quantitative estimate of drug-likeness (QED) is 0.604. The van der Waals surface area contributed by atoms with Gasteiger partial charge in [0, 0.05) is 67.2 Å². The first kappa shape index (κ1) is 22.1. The molecule has 0 aromatic carbocycles. The highest BCUT2D eigenvalue weighted by atomic mass is 32.2. The third-order valence-electron chi connectivity index (χ3n) is 7.00. The van der Waals surface area contributed by atoms with Crippen LogP contribution in [0.2, 0.25) is 0 Å². The average Bonchev–Trinajstić information content (AvgIpc) is 3.24. The number of pyridine rings is 1. The summed E-state index contributed by atoms with van der Waals surface area (Å²) in [6.45, 7) is 8.65. The monoisotopic (exact) mass is 469 g/mol. The van der Waals surface area contributed by atoms with Crippen molar-refractivity contribution in [2.75, 3.05) is 29.1 Å². The van der Waals surface area contributed by atoms with Gasteiger partial charge in [0.1, 0.15) is 17.8 Å². The van der Waals surface area contributed by atoms with Crippen molar-refractivity contribution in [2.24, 2.45) is 11.8 Å². The van der Waals surface area contributed by atoms with Gasteiger partial charge in [0.15, 0.2) is 0 Å². The molecule has 1 saturated heterocycles. The van der Waals surface area contributed by atoms with Gasteiger partial charge in [0.2, 0.25) is 10.0 Å². The molecule has 0 saturated carbocycles. The standard InChI is InChI=1S/C23H31N7O2S/c1-14-10-29(11-15(2)21(14)28-33(4,31)32)23-18-12-30(16(3)9-19(18)26-13-27-23)20-6-8-25-22-17(20)5-7-24-22/h5-8,13-16,21,28H,9-12H2,1-4H3,(H,24,25)/t14-,15+,16-,21+/m1/s1. The molecular formula is C23H31N7O2S. The van der Waals surface area contributed by atoms with Crippen molar-refractivity contribution in [2.45, 2.75) is 45.8 Å². The number of piperidine rings is 1. The molecule has 0 unspecified atom stereocenters. The Balaban J connectivity index is 1.46. The molecule has 2 N–H and O–H groups in total. The average molecular weight is 470 g/mol. The minimum atomic E-state index is -3.25. The summed E-state index contributed by atoms with van der Waals surface area (Å²) in [7, 11) is -3.25. The summed E-state index contributed by atoms with van der Waals surface area (Å²) in [6.07, 6.45) is 7.52. The molecule has 9 nitrogen and oxygen atoms in total. The summed E-state index contributed by atoms with van der Waals surface area (Å²) in [5.41, 5.74) is 4.30. The number of rotatable bonds is 4. The van der Waals surface area contributed by atoms with Gasteiger partial charge in [0.25, 0.3) is 0 Å². The summed E-state index contributed by atoms with van der Waals surface area (Å²) >= 11 is 0. The molecule has 2 aliphatic heterocycles. The second kappa shape index (κ2) is 8.25. The zero-order valence-electron chi connectivity index (χ0n) is 19.5. The maximum atomic E-state index is 11.9. The number of aromatic amines is 1. The Morgan fingerprint density at radius 3 is 2.58 bits per heavy atom.